The van der Waals surface area contributed by atoms with Gasteiger partial charge in [0.2, 0.25) is 10.0 Å². The molecule has 0 aliphatic heterocycles. The van der Waals surface area contributed by atoms with Gasteiger partial charge in [-0.15, -0.1) is 6.58 Å². The number of hydrogen-bond acceptors (Lipinski definition) is 3. The number of nitrogens with two attached hydrogens (primary N) is 1. The van der Waals surface area contributed by atoms with E-state index in [-0.39, 0.29) is 12.2 Å². The van der Waals surface area contributed by atoms with Crippen molar-refractivity contribution in [2.45, 2.75) is 11.7 Å². The molecular formula is C10H13NO3S. The lowest BCUT2D eigenvalue weighted by Crippen LogP contribution is -2.21. The summed E-state index contributed by atoms with van der Waals surface area (Å²) < 4.78 is 22.5. The Labute approximate surface area is 89.1 Å². The molecule has 0 aliphatic carbocycles. The summed E-state index contributed by atoms with van der Waals surface area (Å²) in [4.78, 5) is 0. The minimum Gasteiger partial charge on any atom is -0.508 e. The Kier molecular flexibility index (Phi) is 3.49. The predicted molar refractivity (Wildman–Crippen MR) is 58.8 cm³/mol. The van der Waals surface area contributed by atoms with Crippen LogP contribution < -0.4 is 5.14 Å². The van der Waals surface area contributed by atoms with Gasteiger partial charge in [-0.1, -0.05) is 18.2 Å². The van der Waals surface area contributed by atoms with Gasteiger partial charge in [-0.25, -0.2) is 13.6 Å². The lowest BCUT2D eigenvalue weighted by Gasteiger charge is -2.12. The minimum atomic E-state index is -3.65. The van der Waals surface area contributed by atoms with Gasteiger partial charge in [0, 0.05) is 0 Å². The average molecular weight is 227 g/mol. The molecule has 0 saturated carbocycles. The van der Waals surface area contributed by atoms with Crippen molar-refractivity contribution in [1.29, 1.82) is 0 Å². The standard InChI is InChI=1S/C10H13NO3S/c1-2-3-10(15(11,13)14)8-4-6-9(12)7-5-8/h2,4-7,10,12H,1,3H2,(H2,11,13,14). The van der Waals surface area contributed by atoms with Crippen LogP contribution in [-0.2, 0) is 10.0 Å². The van der Waals surface area contributed by atoms with Gasteiger partial charge < -0.3 is 5.11 Å². The third-order valence-electron chi connectivity index (χ3n) is 2.04. The molecule has 15 heavy (non-hydrogen) atoms. The number of allylic oxidation sites excluding steroid dienone is 1. The molecule has 1 aromatic carbocycles. The number of sulfonamides is 1. The number of aromatic hydroxyl groups is 1. The number of benzene rings is 1. The second-order valence-corrected chi connectivity index (χ2v) is 4.94. The number of primary sulfonamides is 1. The van der Waals surface area contributed by atoms with Gasteiger partial charge in [-0.3, -0.25) is 0 Å². The lowest BCUT2D eigenvalue weighted by atomic mass is 10.1. The smallest absolute Gasteiger partial charge is 0.216 e. The molecule has 4 nitrogen and oxygen atoms in total. The Morgan fingerprint density at radius 1 is 1.40 bits per heavy atom. The normalized spacial score (nSPS) is 13.4. The van der Waals surface area contributed by atoms with E-state index in [4.69, 9.17) is 10.2 Å². The Morgan fingerprint density at radius 2 is 1.93 bits per heavy atom. The van der Waals surface area contributed by atoms with E-state index in [0.29, 0.717) is 5.56 Å². The van der Waals surface area contributed by atoms with E-state index < -0.39 is 15.3 Å². The first-order chi connectivity index (χ1) is 6.95. The highest BCUT2D eigenvalue weighted by atomic mass is 32.2. The summed E-state index contributed by atoms with van der Waals surface area (Å²) in [7, 11) is -3.65. The highest BCUT2D eigenvalue weighted by Crippen LogP contribution is 2.25. The van der Waals surface area contributed by atoms with Crippen LogP contribution in [0.2, 0.25) is 0 Å². The van der Waals surface area contributed by atoms with Crippen LogP contribution in [0.3, 0.4) is 0 Å². The molecule has 0 amide bonds. The second kappa shape index (κ2) is 4.46. The topological polar surface area (TPSA) is 80.4 Å². The van der Waals surface area contributed by atoms with Gasteiger partial charge in [0.05, 0.1) is 0 Å². The van der Waals surface area contributed by atoms with E-state index in [1.165, 1.54) is 30.3 Å². The van der Waals surface area contributed by atoms with Crippen LogP contribution in [0.25, 0.3) is 0 Å². The van der Waals surface area contributed by atoms with Crippen LogP contribution >= 0.6 is 0 Å². The summed E-state index contributed by atoms with van der Waals surface area (Å²) in [5.41, 5.74) is 0.551. The Morgan fingerprint density at radius 3 is 2.33 bits per heavy atom. The molecule has 0 spiro atoms. The third-order valence-corrected chi connectivity index (χ3v) is 3.30. The van der Waals surface area contributed by atoms with Crippen LogP contribution in [0, 0.1) is 0 Å². The van der Waals surface area contributed by atoms with E-state index in [9.17, 15) is 8.42 Å². The molecule has 82 valence electrons. The van der Waals surface area contributed by atoms with Gasteiger partial charge in [0.15, 0.2) is 0 Å². The Hall–Kier alpha value is -1.33. The van der Waals surface area contributed by atoms with E-state index >= 15 is 0 Å². The Balaban J connectivity index is 3.10. The fourth-order valence-corrected chi connectivity index (χ4v) is 2.24. The van der Waals surface area contributed by atoms with E-state index in [0.717, 1.165) is 0 Å². The van der Waals surface area contributed by atoms with Crippen molar-refractivity contribution in [3.05, 3.63) is 42.5 Å². The molecule has 3 N–H and O–H groups in total. The van der Waals surface area contributed by atoms with Gasteiger partial charge in [-0.2, -0.15) is 0 Å². The number of hydrogen-bond donors (Lipinski definition) is 2. The summed E-state index contributed by atoms with van der Waals surface area (Å²) in [5, 5.41) is 13.4. The molecule has 0 saturated heterocycles. The molecule has 1 unspecified atom stereocenters. The van der Waals surface area contributed by atoms with Crippen LogP contribution in [-0.4, -0.2) is 13.5 Å². The minimum absolute atomic E-state index is 0.0884. The van der Waals surface area contributed by atoms with Crippen molar-refractivity contribution in [2.24, 2.45) is 5.14 Å². The van der Waals surface area contributed by atoms with Crippen molar-refractivity contribution in [3.8, 4) is 5.75 Å². The van der Waals surface area contributed by atoms with Crippen molar-refractivity contribution in [3.63, 3.8) is 0 Å². The zero-order valence-electron chi connectivity index (χ0n) is 8.13. The summed E-state index contributed by atoms with van der Waals surface area (Å²) >= 11 is 0. The monoisotopic (exact) mass is 227 g/mol. The maximum atomic E-state index is 11.3. The molecule has 1 rings (SSSR count). The molecule has 1 atom stereocenters. The molecule has 0 radical (unpaired) electrons. The molecule has 0 bridgehead atoms. The van der Waals surface area contributed by atoms with Crippen molar-refractivity contribution < 1.29 is 13.5 Å². The molecule has 0 aromatic heterocycles. The number of phenolic OH excluding ortho intramolecular Hbond substituents is 1. The summed E-state index contributed by atoms with van der Waals surface area (Å²) in [6, 6.07) is 5.93. The molecule has 5 heteroatoms. The number of phenols is 1. The zero-order valence-corrected chi connectivity index (χ0v) is 8.94. The third kappa shape index (κ3) is 3.07. The van der Waals surface area contributed by atoms with Crippen LogP contribution in [0.4, 0.5) is 0 Å². The van der Waals surface area contributed by atoms with E-state index in [2.05, 4.69) is 6.58 Å². The molecule has 1 aromatic rings. The summed E-state index contributed by atoms with van der Waals surface area (Å²) in [6.07, 6.45) is 1.76. The Bertz CT molecular complexity index is 436. The predicted octanol–water partition coefficient (Wildman–Crippen LogP) is 1.30. The average Bonchev–Trinajstić information content (AvgIpc) is 2.14. The second-order valence-electron chi connectivity index (χ2n) is 3.19. The van der Waals surface area contributed by atoms with Crippen molar-refractivity contribution in [1.82, 2.24) is 0 Å². The van der Waals surface area contributed by atoms with Crippen molar-refractivity contribution >= 4 is 10.0 Å². The first-order valence-corrected chi connectivity index (χ1v) is 5.97. The van der Waals surface area contributed by atoms with Crippen LogP contribution in [0.15, 0.2) is 36.9 Å². The van der Waals surface area contributed by atoms with Gasteiger partial charge in [0.25, 0.3) is 0 Å². The van der Waals surface area contributed by atoms with Gasteiger partial charge in [-0.05, 0) is 24.1 Å². The van der Waals surface area contributed by atoms with E-state index in [1.807, 2.05) is 0 Å². The van der Waals surface area contributed by atoms with E-state index in [1.54, 1.807) is 0 Å². The van der Waals surface area contributed by atoms with Crippen molar-refractivity contribution in [2.75, 3.05) is 0 Å². The first-order valence-electron chi connectivity index (χ1n) is 4.36. The molecule has 0 heterocycles. The number of rotatable bonds is 4. The molecule has 0 aliphatic rings. The van der Waals surface area contributed by atoms with Gasteiger partial charge >= 0.3 is 0 Å². The van der Waals surface area contributed by atoms with Crippen LogP contribution in [0.5, 0.6) is 5.75 Å². The maximum absolute atomic E-state index is 11.3. The van der Waals surface area contributed by atoms with Gasteiger partial charge in [0.1, 0.15) is 11.0 Å². The quantitative estimate of drug-likeness (QED) is 0.761. The fourth-order valence-electron chi connectivity index (χ4n) is 1.30. The lowest BCUT2D eigenvalue weighted by molar-refractivity contribution is 0.475. The summed E-state index contributed by atoms with van der Waals surface area (Å²) in [5.74, 6) is 0.0884. The highest BCUT2D eigenvalue weighted by Gasteiger charge is 2.21. The SMILES string of the molecule is C=CCC(c1ccc(O)cc1)S(N)(=O)=O. The van der Waals surface area contributed by atoms with Crippen LogP contribution in [0.1, 0.15) is 17.2 Å². The molecule has 0 fully saturated rings. The zero-order chi connectivity index (χ0) is 11.5. The fraction of sp³-hybridized carbons (Fsp3) is 0.200. The molecular weight excluding hydrogens is 214 g/mol. The first kappa shape index (κ1) is 11.7. The highest BCUT2D eigenvalue weighted by molar-refractivity contribution is 7.89. The maximum Gasteiger partial charge on any atom is 0.216 e. The largest absolute Gasteiger partial charge is 0.508 e. The summed E-state index contributed by atoms with van der Waals surface area (Å²) in [6.45, 7) is 3.49.